The van der Waals surface area contributed by atoms with Gasteiger partial charge in [0.2, 0.25) is 11.8 Å². The van der Waals surface area contributed by atoms with Gasteiger partial charge in [-0.2, -0.15) is 0 Å². The van der Waals surface area contributed by atoms with Crippen LogP contribution in [0.5, 0.6) is 5.75 Å². The Morgan fingerprint density at radius 2 is 2.15 bits per heavy atom. The third kappa shape index (κ3) is 4.68. The summed E-state index contributed by atoms with van der Waals surface area (Å²) in [5.41, 5.74) is 1.84. The Morgan fingerprint density at radius 3 is 2.92 bits per heavy atom. The van der Waals surface area contributed by atoms with Crippen LogP contribution in [0.4, 0.5) is 0 Å². The Kier molecular flexibility index (Phi) is 6.35. The van der Waals surface area contributed by atoms with Gasteiger partial charge in [-0.15, -0.1) is 23.1 Å². The number of para-hydroxylation sites is 1. The summed E-state index contributed by atoms with van der Waals surface area (Å²) in [4.78, 5) is 17.6. The highest BCUT2D eigenvalue weighted by Gasteiger charge is 2.13. The molecular weight excluding hydrogens is 368 g/mol. The van der Waals surface area contributed by atoms with Gasteiger partial charge in [0.1, 0.15) is 11.5 Å². The summed E-state index contributed by atoms with van der Waals surface area (Å²) in [6, 6.07) is 11.6. The third-order valence-corrected chi connectivity index (χ3v) is 5.57. The van der Waals surface area contributed by atoms with Crippen molar-refractivity contribution in [3.05, 3.63) is 58.8 Å². The highest BCUT2D eigenvalue weighted by atomic mass is 32.2. The van der Waals surface area contributed by atoms with Gasteiger partial charge >= 0.3 is 0 Å². The van der Waals surface area contributed by atoms with Crippen molar-refractivity contribution >= 4 is 29.0 Å². The van der Waals surface area contributed by atoms with Crippen LogP contribution >= 0.6 is 23.1 Å². The number of ether oxygens (including phenoxy) is 1. The first-order valence-corrected chi connectivity index (χ1v) is 10.2. The lowest BCUT2D eigenvalue weighted by atomic mass is 10.2. The molecular formula is C19H20N2O3S2. The smallest absolute Gasteiger partial charge is 0.236 e. The van der Waals surface area contributed by atoms with E-state index in [0.717, 1.165) is 27.6 Å². The summed E-state index contributed by atoms with van der Waals surface area (Å²) in [5, 5.41) is 4.92. The average molecular weight is 389 g/mol. The molecule has 0 bridgehead atoms. The number of nitrogens with zero attached hydrogens (tertiary/aromatic N) is 1. The van der Waals surface area contributed by atoms with Crippen molar-refractivity contribution in [2.24, 2.45) is 0 Å². The van der Waals surface area contributed by atoms with E-state index in [1.165, 1.54) is 11.8 Å². The van der Waals surface area contributed by atoms with Crippen molar-refractivity contribution < 1.29 is 13.9 Å². The molecule has 2 heterocycles. The van der Waals surface area contributed by atoms with Crippen LogP contribution in [0.15, 0.2) is 46.2 Å². The van der Waals surface area contributed by atoms with Crippen LogP contribution in [0.3, 0.4) is 0 Å². The first-order valence-electron chi connectivity index (χ1n) is 8.14. The van der Waals surface area contributed by atoms with Gasteiger partial charge in [-0.25, -0.2) is 4.98 Å². The molecule has 0 atom stereocenters. The number of oxazole rings is 1. The molecule has 0 aliphatic rings. The summed E-state index contributed by atoms with van der Waals surface area (Å²) in [7, 11) is 1.63. The summed E-state index contributed by atoms with van der Waals surface area (Å²) in [6.45, 7) is 2.36. The number of rotatable bonds is 8. The van der Waals surface area contributed by atoms with E-state index in [2.05, 4.69) is 10.3 Å². The number of amides is 1. The fourth-order valence-electron chi connectivity index (χ4n) is 2.40. The molecule has 136 valence electrons. The summed E-state index contributed by atoms with van der Waals surface area (Å²) < 4.78 is 11.0. The van der Waals surface area contributed by atoms with Crippen molar-refractivity contribution in [1.29, 1.82) is 0 Å². The lowest BCUT2D eigenvalue weighted by molar-refractivity contribution is -0.118. The number of benzene rings is 1. The standard InChI is InChI=1S/C19H20N2O3S2/c1-13-15(21-19(24-13)17-8-5-9-26-17)11-25-12-18(22)20-10-14-6-3-4-7-16(14)23-2/h3-9H,10-12H2,1-2H3,(H,20,22). The Labute approximate surface area is 160 Å². The van der Waals surface area contributed by atoms with Crippen LogP contribution in [0.1, 0.15) is 17.0 Å². The molecule has 0 saturated carbocycles. The minimum atomic E-state index is -0.0134. The molecule has 1 amide bonds. The van der Waals surface area contributed by atoms with Crippen molar-refractivity contribution in [2.45, 2.75) is 19.2 Å². The SMILES string of the molecule is COc1ccccc1CNC(=O)CSCc1nc(-c2cccs2)oc1C. The molecule has 0 fully saturated rings. The van der Waals surface area contributed by atoms with Crippen molar-refractivity contribution in [1.82, 2.24) is 10.3 Å². The zero-order chi connectivity index (χ0) is 18.4. The highest BCUT2D eigenvalue weighted by Crippen LogP contribution is 2.27. The number of aryl methyl sites for hydroxylation is 1. The number of carbonyl (C=O) groups is 1. The first-order chi connectivity index (χ1) is 12.7. The molecule has 3 rings (SSSR count). The van der Waals surface area contributed by atoms with Gasteiger partial charge in [0.15, 0.2) is 0 Å². The highest BCUT2D eigenvalue weighted by molar-refractivity contribution is 7.99. The van der Waals surface area contributed by atoms with Crippen LogP contribution in [0, 0.1) is 6.92 Å². The number of aromatic nitrogens is 1. The Bertz CT molecular complexity index is 860. The monoisotopic (exact) mass is 388 g/mol. The van der Waals surface area contributed by atoms with E-state index in [4.69, 9.17) is 9.15 Å². The molecule has 0 spiro atoms. The fraction of sp³-hybridized carbons (Fsp3) is 0.263. The van der Waals surface area contributed by atoms with Crippen LogP contribution < -0.4 is 10.1 Å². The molecule has 0 aliphatic carbocycles. The quantitative estimate of drug-likeness (QED) is 0.624. The second-order valence-corrected chi connectivity index (χ2v) is 7.51. The number of carbonyl (C=O) groups excluding carboxylic acids is 1. The predicted octanol–water partition coefficient (Wildman–Crippen LogP) is 4.27. The molecule has 0 saturated heterocycles. The van der Waals surface area contributed by atoms with Crippen molar-refractivity contribution in [3.63, 3.8) is 0 Å². The lowest BCUT2D eigenvalue weighted by Gasteiger charge is -2.09. The maximum Gasteiger partial charge on any atom is 0.236 e. The van der Waals surface area contributed by atoms with Gasteiger partial charge in [-0.1, -0.05) is 24.3 Å². The maximum absolute atomic E-state index is 12.1. The van der Waals surface area contributed by atoms with Gasteiger partial charge in [0.25, 0.3) is 0 Å². The van der Waals surface area contributed by atoms with Crippen LogP contribution in [-0.2, 0) is 17.1 Å². The maximum atomic E-state index is 12.1. The van der Waals surface area contributed by atoms with Crippen molar-refractivity contribution in [3.8, 4) is 16.5 Å². The summed E-state index contributed by atoms with van der Waals surface area (Å²) >= 11 is 3.12. The predicted molar refractivity (Wildman–Crippen MR) is 106 cm³/mol. The Hall–Kier alpha value is -2.25. The first kappa shape index (κ1) is 18.5. The van der Waals surface area contributed by atoms with E-state index < -0.39 is 0 Å². The molecule has 2 aromatic heterocycles. The Morgan fingerprint density at radius 1 is 1.31 bits per heavy atom. The van der Waals surface area contributed by atoms with Gasteiger partial charge < -0.3 is 14.5 Å². The topological polar surface area (TPSA) is 64.4 Å². The minimum Gasteiger partial charge on any atom is -0.496 e. The molecule has 26 heavy (non-hydrogen) atoms. The van der Waals surface area contributed by atoms with Crippen LogP contribution in [0.2, 0.25) is 0 Å². The van der Waals surface area contributed by atoms with Gasteiger partial charge in [0.05, 0.1) is 23.4 Å². The van der Waals surface area contributed by atoms with E-state index in [0.29, 0.717) is 23.9 Å². The zero-order valence-electron chi connectivity index (χ0n) is 14.7. The van der Waals surface area contributed by atoms with Crippen LogP contribution in [0.25, 0.3) is 10.8 Å². The second-order valence-electron chi connectivity index (χ2n) is 5.58. The number of nitrogens with one attached hydrogen (secondary N) is 1. The normalized spacial score (nSPS) is 10.7. The van der Waals surface area contributed by atoms with Gasteiger partial charge in [-0.05, 0) is 24.4 Å². The summed E-state index contributed by atoms with van der Waals surface area (Å²) in [5.74, 6) is 3.22. The van der Waals surface area contributed by atoms with Gasteiger partial charge in [0, 0.05) is 17.9 Å². The number of hydrogen-bond donors (Lipinski definition) is 1. The molecule has 0 aliphatic heterocycles. The fourth-order valence-corrected chi connectivity index (χ4v) is 3.90. The number of hydrogen-bond acceptors (Lipinski definition) is 6. The largest absolute Gasteiger partial charge is 0.496 e. The molecule has 7 heteroatoms. The minimum absolute atomic E-state index is 0.0134. The van der Waals surface area contributed by atoms with E-state index in [-0.39, 0.29) is 5.91 Å². The molecule has 5 nitrogen and oxygen atoms in total. The lowest BCUT2D eigenvalue weighted by Crippen LogP contribution is -2.24. The van der Waals surface area contributed by atoms with Crippen molar-refractivity contribution in [2.75, 3.05) is 12.9 Å². The number of methoxy groups -OCH3 is 1. The Balaban J connectivity index is 1.47. The van der Waals surface area contributed by atoms with Crippen LogP contribution in [-0.4, -0.2) is 23.8 Å². The zero-order valence-corrected chi connectivity index (χ0v) is 16.3. The van der Waals surface area contributed by atoms with E-state index in [1.54, 1.807) is 18.4 Å². The van der Waals surface area contributed by atoms with E-state index >= 15 is 0 Å². The molecule has 0 unspecified atom stereocenters. The number of thioether (sulfide) groups is 1. The number of thiophene rings is 1. The average Bonchev–Trinajstić information content (AvgIpc) is 3.30. The molecule has 0 radical (unpaired) electrons. The second kappa shape index (κ2) is 8.91. The molecule has 3 aromatic rings. The van der Waals surface area contributed by atoms with E-state index in [9.17, 15) is 4.79 Å². The van der Waals surface area contributed by atoms with Gasteiger partial charge in [-0.3, -0.25) is 4.79 Å². The summed E-state index contributed by atoms with van der Waals surface area (Å²) in [6.07, 6.45) is 0. The van der Waals surface area contributed by atoms with E-state index in [1.807, 2.05) is 48.7 Å². The molecule has 1 N–H and O–H groups in total. The third-order valence-electron chi connectivity index (χ3n) is 3.77. The molecule has 1 aromatic carbocycles.